The number of rotatable bonds is 0. The second kappa shape index (κ2) is 8.97. The Morgan fingerprint density at radius 3 is 1.88 bits per heavy atom. The van der Waals surface area contributed by atoms with E-state index in [1.165, 1.54) is 12.8 Å². The quantitative estimate of drug-likeness (QED) is 0.693. The van der Waals surface area contributed by atoms with Crippen LogP contribution in [0.5, 0.6) is 0 Å². The van der Waals surface area contributed by atoms with Crippen LogP contribution in [0.15, 0.2) is 0 Å². The van der Waals surface area contributed by atoms with Crippen LogP contribution in [0.25, 0.3) is 0 Å². The average molecular weight is 231 g/mol. The van der Waals surface area contributed by atoms with Crippen molar-refractivity contribution in [1.29, 1.82) is 0 Å². The first-order valence-electron chi connectivity index (χ1n) is 6.13. The van der Waals surface area contributed by atoms with Crippen molar-refractivity contribution in [3.05, 3.63) is 0 Å². The predicted octanol–water partition coefficient (Wildman–Crippen LogP) is 2.14. The lowest BCUT2D eigenvalue weighted by atomic mass is 9.89. The van der Waals surface area contributed by atoms with E-state index in [1.54, 1.807) is 0 Å². The van der Waals surface area contributed by atoms with Gasteiger partial charge in [0, 0.05) is 13.1 Å². The minimum Gasteiger partial charge on any atom is -0.393 e. The van der Waals surface area contributed by atoms with Gasteiger partial charge in [-0.05, 0) is 38.6 Å². The molecule has 0 atom stereocenters. The van der Waals surface area contributed by atoms with E-state index in [9.17, 15) is 0 Å². The van der Waals surface area contributed by atoms with Crippen molar-refractivity contribution < 1.29 is 9.84 Å². The maximum Gasteiger partial charge on any atom is 0.0594 e. The second-order valence-corrected chi connectivity index (χ2v) is 4.83. The third kappa shape index (κ3) is 7.20. The van der Waals surface area contributed by atoms with Crippen LogP contribution in [-0.4, -0.2) is 49.5 Å². The predicted molar refractivity (Wildman–Crippen MR) is 68.7 cm³/mol. The minimum absolute atomic E-state index is 0. The first-order valence-corrected chi connectivity index (χ1v) is 6.13. The Labute approximate surface area is 101 Å². The summed E-state index contributed by atoms with van der Waals surface area (Å²) in [6.07, 6.45) is 4.52. The molecule has 3 heteroatoms. The first kappa shape index (κ1) is 15.9. The van der Waals surface area contributed by atoms with Crippen molar-refractivity contribution in [3.63, 3.8) is 0 Å². The van der Waals surface area contributed by atoms with E-state index in [0.29, 0.717) is 0 Å². The molecule has 0 spiro atoms. The molecule has 98 valence electrons. The first-order chi connectivity index (χ1) is 7.18. The number of morpholine rings is 1. The van der Waals surface area contributed by atoms with Crippen LogP contribution in [0, 0.1) is 5.92 Å². The van der Waals surface area contributed by atoms with E-state index < -0.39 is 0 Å². The molecule has 0 aromatic heterocycles. The van der Waals surface area contributed by atoms with Crippen molar-refractivity contribution in [3.8, 4) is 0 Å². The zero-order chi connectivity index (χ0) is 11.1. The molecule has 1 aliphatic carbocycles. The summed E-state index contributed by atoms with van der Waals surface area (Å²) < 4.78 is 5.10. The topological polar surface area (TPSA) is 32.7 Å². The lowest BCUT2D eigenvalue weighted by molar-refractivity contribution is 0.0503. The van der Waals surface area contributed by atoms with Gasteiger partial charge in [0.25, 0.3) is 0 Å². The number of likely N-dealkylation sites (N-methyl/N-ethyl adjacent to an activating group) is 1. The zero-order valence-corrected chi connectivity index (χ0v) is 10.1. The number of ether oxygens (including phenoxy) is 1. The van der Waals surface area contributed by atoms with Crippen molar-refractivity contribution in [2.75, 3.05) is 33.4 Å². The second-order valence-electron chi connectivity index (χ2n) is 4.83. The molecule has 0 unspecified atom stereocenters. The molecule has 2 rings (SSSR count). The standard InChI is InChI=1S/C7H14O.C5H11NO.CH4/c1-6-2-4-7(8)5-3-6;1-6-2-4-7-5-3-6;/h6-8H,2-5H2,1H3;2-5H2,1H3;1H4. The Hall–Kier alpha value is -0.120. The average Bonchev–Trinajstić information content (AvgIpc) is 2.25. The van der Waals surface area contributed by atoms with Crippen LogP contribution in [0.2, 0.25) is 0 Å². The van der Waals surface area contributed by atoms with Crippen molar-refractivity contribution in [2.45, 2.75) is 46.1 Å². The lowest BCUT2D eigenvalue weighted by Crippen LogP contribution is -2.32. The van der Waals surface area contributed by atoms with Gasteiger partial charge in [-0.1, -0.05) is 14.4 Å². The molecule has 2 aliphatic rings. The van der Waals surface area contributed by atoms with Gasteiger partial charge in [0.1, 0.15) is 0 Å². The van der Waals surface area contributed by atoms with Gasteiger partial charge in [0.2, 0.25) is 0 Å². The van der Waals surface area contributed by atoms with Gasteiger partial charge in [0.15, 0.2) is 0 Å². The summed E-state index contributed by atoms with van der Waals surface area (Å²) in [6, 6.07) is 0. The Kier molecular flexibility index (Phi) is 8.90. The van der Waals surface area contributed by atoms with E-state index >= 15 is 0 Å². The van der Waals surface area contributed by atoms with Gasteiger partial charge >= 0.3 is 0 Å². The monoisotopic (exact) mass is 231 g/mol. The summed E-state index contributed by atoms with van der Waals surface area (Å²) in [4.78, 5) is 2.27. The highest BCUT2D eigenvalue weighted by Crippen LogP contribution is 2.22. The number of hydrogen-bond acceptors (Lipinski definition) is 3. The van der Waals surface area contributed by atoms with E-state index in [-0.39, 0.29) is 13.5 Å². The highest BCUT2D eigenvalue weighted by molar-refractivity contribution is 4.67. The molecule has 16 heavy (non-hydrogen) atoms. The largest absolute Gasteiger partial charge is 0.393 e. The summed E-state index contributed by atoms with van der Waals surface area (Å²) in [5.74, 6) is 0.860. The van der Waals surface area contributed by atoms with Crippen LogP contribution >= 0.6 is 0 Å². The van der Waals surface area contributed by atoms with Crippen LogP contribution in [-0.2, 0) is 4.74 Å². The summed E-state index contributed by atoms with van der Waals surface area (Å²) in [5, 5.41) is 9.03. The molecule has 3 nitrogen and oxygen atoms in total. The van der Waals surface area contributed by atoms with Gasteiger partial charge in [-0.2, -0.15) is 0 Å². The SMILES string of the molecule is C.CC1CCC(O)CC1.CN1CCOCC1. The summed E-state index contributed by atoms with van der Waals surface area (Å²) >= 11 is 0. The molecule has 0 amide bonds. The van der Waals surface area contributed by atoms with Gasteiger partial charge < -0.3 is 14.7 Å². The zero-order valence-electron chi connectivity index (χ0n) is 10.1. The van der Waals surface area contributed by atoms with Gasteiger partial charge in [0.05, 0.1) is 19.3 Å². The smallest absolute Gasteiger partial charge is 0.0594 e. The van der Waals surface area contributed by atoms with Crippen LogP contribution in [0.3, 0.4) is 0 Å². The van der Waals surface area contributed by atoms with Crippen LogP contribution in [0.1, 0.15) is 40.0 Å². The lowest BCUT2D eigenvalue weighted by Gasteiger charge is -2.21. The highest BCUT2D eigenvalue weighted by atomic mass is 16.5. The van der Waals surface area contributed by atoms with Crippen LogP contribution < -0.4 is 0 Å². The van der Waals surface area contributed by atoms with Gasteiger partial charge in [-0.25, -0.2) is 0 Å². The molecule has 0 radical (unpaired) electrons. The summed E-state index contributed by atoms with van der Waals surface area (Å²) in [7, 11) is 2.11. The molecule has 0 aromatic rings. The maximum absolute atomic E-state index is 9.03. The Bertz CT molecular complexity index is 140. The fourth-order valence-corrected chi connectivity index (χ4v) is 1.90. The number of nitrogens with zero attached hydrogens (tertiary/aromatic N) is 1. The van der Waals surface area contributed by atoms with E-state index in [2.05, 4.69) is 18.9 Å². The molecule has 1 saturated carbocycles. The maximum atomic E-state index is 9.03. The van der Waals surface area contributed by atoms with Gasteiger partial charge in [-0.15, -0.1) is 0 Å². The fraction of sp³-hybridized carbons (Fsp3) is 1.00. The van der Waals surface area contributed by atoms with Crippen molar-refractivity contribution in [1.82, 2.24) is 4.90 Å². The molecule has 0 bridgehead atoms. The van der Waals surface area contributed by atoms with Crippen molar-refractivity contribution >= 4 is 0 Å². The number of hydrogen-bond donors (Lipinski definition) is 1. The minimum atomic E-state index is 0. The van der Waals surface area contributed by atoms with Crippen molar-refractivity contribution in [2.24, 2.45) is 5.92 Å². The molecular weight excluding hydrogens is 202 g/mol. The number of aliphatic hydroxyl groups is 1. The molecular formula is C13H29NO2. The van der Waals surface area contributed by atoms with E-state index in [4.69, 9.17) is 9.84 Å². The highest BCUT2D eigenvalue weighted by Gasteiger charge is 2.14. The third-order valence-corrected chi connectivity index (χ3v) is 3.22. The molecule has 0 aromatic carbocycles. The van der Waals surface area contributed by atoms with E-state index in [1.807, 2.05) is 0 Å². The molecule has 1 aliphatic heterocycles. The fourth-order valence-electron chi connectivity index (χ4n) is 1.90. The molecule has 2 fully saturated rings. The summed E-state index contributed by atoms with van der Waals surface area (Å²) in [5.41, 5.74) is 0. The Balaban J connectivity index is 0.000000267. The normalized spacial score (nSPS) is 30.9. The van der Waals surface area contributed by atoms with E-state index in [0.717, 1.165) is 45.1 Å². The van der Waals surface area contributed by atoms with Gasteiger partial charge in [-0.3, -0.25) is 0 Å². The third-order valence-electron chi connectivity index (χ3n) is 3.22. The Morgan fingerprint density at radius 2 is 1.56 bits per heavy atom. The molecule has 1 heterocycles. The molecule has 1 saturated heterocycles. The number of aliphatic hydroxyl groups excluding tert-OH is 1. The van der Waals surface area contributed by atoms with Crippen LogP contribution in [0.4, 0.5) is 0 Å². The Morgan fingerprint density at radius 1 is 1.06 bits per heavy atom. The summed E-state index contributed by atoms with van der Waals surface area (Å²) in [6.45, 7) is 6.28. The molecule has 1 N–H and O–H groups in total.